The van der Waals surface area contributed by atoms with Crippen molar-refractivity contribution in [3.63, 3.8) is 0 Å². The first-order valence-corrected chi connectivity index (χ1v) is 18.3. The minimum absolute atomic E-state index is 0.0425. The number of hydrogen-bond donors (Lipinski definition) is 2. The van der Waals surface area contributed by atoms with Gasteiger partial charge in [-0.05, 0) is 58.6 Å². The topological polar surface area (TPSA) is 172 Å². The summed E-state index contributed by atoms with van der Waals surface area (Å²) >= 11 is 0. The number of hydrogen-bond acceptors (Lipinski definition) is 12. The fourth-order valence-electron chi connectivity index (χ4n) is 7.70. The highest BCUT2D eigenvalue weighted by atomic mass is 16.6. The van der Waals surface area contributed by atoms with Gasteiger partial charge >= 0.3 is 29.8 Å². The van der Waals surface area contributed by atoms with Gasteiger partial charge in [0.05, 0.1) is 5.92 Å². The monoisotopic (exact) mass is 706 g/mol. The number of aliphatic hydroxyl groups excluding tert-OH is 1. The van der Waals surface area contributed by atoms with Gasteiger partial charge in [0.25, 0.3) is 0 Å². The van der Waals surface area contributed by atoms with Crippen molar-refractivity contribution in [3.05, 3.63) is 22.8 Å². The molecule has 0 aromatic rings. The predicted molar refractivity (Wildman–Crippen MR) is 182 cm³/mol. The Hall–Kier alpha value is -3.25. The molecule has 0 aromatic heterocycles. The molecule has 1 saturated heterocycles. The van der Waals surface area contributed by atoms with Crippen molar-refractivity contribution in [3.8, 4) is 0 Å². The van der Waals surface area contributed by atoms with Crippen molar-refractivity contribution in [2.75, 3.05) is 0 Å². The van der Waals surface area contributed by atoms with E-state index in [1.807, 2.05) is 0 Å². The highest BCUT2D eigenvalue weighted by Crippen LogP contribution is 2.58. The van der Waals surface area contributed by atoms with Crippen LogP contribution in [0.5, 0.6) is 0 Å². The number of carbonyl (C=O) groups excluding carboxylic acids is 5. The first-order chi connectivity index (χ1) is 23.5. The third-order valence-electron chi connectivity index (χ3n) is 10.5. The maximum atomic E-state index is 13.5. The van der Waals surface area contributed by atoms with Crippen LogP contribution in [0, 0.1) is 5.92 Å². The van der Waals surface area contributed by atoms with Crippen molar-refractivity contribution in [1.82, 2.24) is 0 Å². The first-order valence-electron chi connectivity index (χ1n) is 18.3. The minimum Gasteiger partial charge on any atom is -0.459 e. The lowest BCUT2D eigenvalue weighted by atomic mass is 9.75. The van der Waals surface area contributed by atoms with E-state index in [1.165, 1.54) is 13.8 Å². The van der Waals surface area contributed by atoms with Crippen LogP contribution in [0.4, 0.5) is 0 Å². The molecule has 0 amide bonds. The summed E-state index contributed by atoms with van der Waals surface area (Å²) in [4.78, 5) is 66.3. The van der Waals surface area contributed by atoms with Crippen molar-refractivity contribution in [2.24, 2.45) is 5.92 Å². The molecule has 0 spiro atoms. The molecule has 0 bridgehead atoms. The zero-order valence-corrected chi connectivity index (χ0v) is 31.1. The van der Waals surface area contributed by atoms with E-state index < -0.39 is 83.4 Å². The fourth-order valence-corrected chi connectivity index (χ4v) is 7.70. The molecule has 3 aliphatic rings. The van der Waals surface area contributed by atoms with Gasteiger partial charge in [-0.3, -0.25) is 14.4 Å². The van der Waals surface area contributed by atoms with E-state index in [1.54, 1.807) is 26.8 Å². The minimum atomic E-state index is -2.55. The van der Waals surface area contributed by atoms with E-state index in [-0.39, 0.29) is 29.6 Å². The molecular weight excluding hydrogens is 648 g/mol. The average molecular weight is 707 g/mol. The molecule has 12 nitrogen and oxygen atoms in total. The standard InChI is InChI=1S/C38H58O12/c1-9-12-14-16-18-20-27(41)46-32-30-29(24(5)31(32)47-34(43)23(4)11-3)33-38(37(8,45)35(44)48-33,26(40)22-36(30,7)49-25(6)39)50-28(42)21-19-17-15-13-10-2/h11,26,30-33,40,45H,9-10,12-22H2,1-8H3/b23-11-/t26-,30+,31-,32-,33-,36-,37+,38+/m0/s1. The summed E-state index contributed by atoms with van der Waals surface area (Å²) in [5.41, 5.74) is -5.87. The largest absolute Gasteiger partial charge is 0.459 e. The molecule has 1 saturated carbocycles. The molecule has 1 heterocycles. The summed E-state index contributed by atoms with van der Waals surface area (Å²) in [6.07, 6.45) is 3.82. The van der Waals surface area contributed by atoms with Gasteiger partial charge in [-0.25, -0.2) is 9.59 Å². The summed E-state index contributed by atoms with van der Waals surface area (Å²) in [6.45, 7) is 12.8. The number of esters is 5. The summed E-state index contributed by atoms with van der Waals surface area (Å²) in [6, 6.07) is 0. The Morgan fingerprint density at radius 2 is 1.44 bits per heavy atom. The van der Waals surface area contributed by atoms with Crippen LogP contribution >= 0.6 is 0 Å². The summed E-state index contributed by atoms with van der Waals surface area (Å²) in [7, 11) is 0. The third-order valence-corrected chi connectivity index (χ3v) is 10.5. The molecular formula is C38H58O12. The van der Waals surface area contributed by atoms with Gasteiger partial charge in [0.2, 0.25) is 11.2 Å². The Balaban J connectivity index is 2.18. The lowest BCUT2D eigenvalue weighted by molar-refractivity contribution is -0.220. The molecule has 2 aliphatic carbocycles. The smallest absolute Gasteiger partial charge is 0.343 e. The predicted octanol–water partition coefficient (Wildman–Crippen LogP) is 5.49. The Morgan fingerprint density at radius 3 is 1.98 bits per heavy atom. The molecule has 0 aromatic carbocycles. The van der Waals surface area contributed by atoms with E-state index in [0.717, 1.165) is 58.3 Å². The Bertz CT molecular complexity index is 1330. The highest BCUT2D eigenvalue weighted by Gasteiger charge is 2.77. The maximum absolute atomic E-state index is 13.5. The van der Waals surface area contributed by atoms with Crippen LogP contribution in [-0.2, 0) is 47.7 Å². The second-order valence-electron chi connectivity index (χ2n) is 14.4. The number of aliphatic hydroxyl groups is 2. The van der Waals surface area contributed by atoms with E-state index >= 15 is 0 Å². The van der Waals surface area contributed by atoms with Crippen molar-refractivity contribution < 1.29 is 57.9 Å². The van der Waals surface area contributed by atoms with Gasteiger partial charge in [0.1, 0.15) is 11.7 Å². The number of fused-ring (bicyclic) bond motifs is 3. The second-order valence-corrected chi connectivity index (χ2v) is 14.4. The number of ether oxygens (including phenoxy) is 5. The zero-order valence-electron chi connectivity index (χ0n) is 31.1. The van der Waals surface area contributed by atoms with Crippen molar-refractivity contribution in [1.29, 1.82) is 0 Å². The van der Waals surface area contributed by atoms with Gasteiger partial charge in [-0.15, -0.1) is 0 Å². The van der Waals surface area contributed by atoms with Crippen LogP contribution in [0.15, 0.2) is 22.8 Å². The average Bonchev–Trinajstić information content (AvgIpc) is 3.38. The number of rotatable bonds is 17. The quantitative estimate of drug-likeness (QED) is 0.0642. The first kappa shape index (κ1) is 41.2. The van der Waals surface area contributed by atoms with E-state index in [9.17, 15) is 34.2 Å². The lowest BCUT2D eigenvalue weighted by Gasteiger charge is -2.42. The molecule has 1 aliphatic heterocycles. The molecule has 12 heteroatoms. The van der Waals surface area contributed by atoms with Crippen LogP contribution in [0.25, 0.3) is 0 Å². The molecule has 8 atom stereocenters. The molecule has 50 heavy (non-hydrogen) atoms. The Morgan fingerprint density at radius 1 is 0.880 bits per heavy atom. The summed E-state index contributed by atoms with van der Waals surface area (Å²) in [5.74, 6) is -5.04. The van der Waals surface area contributed by atoms with Gasteiger partial charge < -0.3 is 33.9 Å². The molecule has 3 rings (SSSR count). The molecule has 0 unspecified atom stereocenters. The lowest BCUT2D eigenvalue weighted by Crippen LogP contribution is -2.65. The summed E-state index contributed by atoms with van der Waals surface area (Å²) in [5, 5.41) is 23.8. The normalized spacial score (nSPS) is 32.1. The Kier molecular flexibility index (Phi) is 14.3. The van der Waals surface area contributed by atoms with Crippen molar-refractivity contribution in [2.45, 2.75) is 180 Å². The van der Waals surface area contributed by atoms with Crippen LogP contribution in [-0.4, -0.2) is 81.3 Å². The second kappa shape index (κ2) is 17.3. The van der Waals surface area contributed by atoms with Crippen LogP contribution in [0.3, 0.4) is 0 Å². The van der Waals surface area contributed by atoms with Crippen LogP contribution in [0.1, 0.15) is 139 Å². The zero-order chi connectivity index (χ0) is 37.4. The molecule has 2 N–H and O–H groups in total. The molecule has 0 radical (unpaired) electrons. The molecule has 2 fully saturated rings. The fraction of sp³-hybridized carbons (Fsp3) is 0.763. The third kappa shape index (κ3) is 8.44. The van der Waals surface area contributed by atoms with Gasteiger partial charge in [-0.2, -0.15) is 0 Å². The van der Waals surface area contributed by atoms with E-state index in [2.05, 4.69) is 13.8 Å². The molecule has 282 valence electrons. The van der Waals surface area contributed by atoms with Crippen LogP contribution < -0.4 is 0 Å². The SMILES string of the molecule is C/C=C(/C)C(=O)O[C@H]1C(C)=C2[C@H]([C@@H]1OC(=O)CCCCCCC)[C@@](C)(OC(C)=O)C[C@H](O)[C@@]1(OC(=O)CCCCCCC)[C@H]2OC(=O)[C@@]1(C)O. The van der Waals surface area contributed by atoms with Gasteiger partial charge in [-0.1, -0.05) is 71.3 Å². The van der Waals surface area contributed by atoms with E-state index in [0.29, 0.717) is 12.8 Å². The Labute approximate surface area is 296 Å². The van der Waals surface area contributed by atoms with Crippen LogP contribution in [0.2, 0.25) is 0 Å². The number of carbonyl (C=O) groups is 5. The van der Waals surface area contributed by atoms with Gasteiger partial charge in [0, 0.05) is 31.8 Å². The number of unbranched alkanes of at least 4 members (excludes halogenated alkanes) is 8. The number of allylic oxidation sites excluding steroid dienone is 1. The van der Waals surface area contributed by atoms with Crippen molar-refractivity contribution >= 4 is 29.8 Å². The van der Waals surface area contributed by atoms with Gasteiger partial charge in [0.15, 0.2) is 18.3 Å². The summed E-state index contributed by atoms with van der Waals surface area (Å²) < 4.78 is 29.9. The van der Waals surface area contributed by atoms with E-state index in [4.69, 9.17) is 23.7 Å². The maximum Gasteiger partial charge on any atom is 0.343 e. The highest BCUT2D eigenvalue weighted by molar-refractivity contribution is 5.88.